The molecule has 0 saturated heterocycles. The van der Waals surface area contributed by atoms with Crippen LogP contribution in [-0.4, -0.2) is 21.9 Å². The molecule has 0 unspecified atom stereocenters. The van der Waals surface area contributed by atoms with Gasteiger partial charge < -0.3 is 13.6 Å². The second kappa shape index (κ2) is 7.44. The average Bonchev–Trinajstić information content (AvgIpc) is 3.29. The third-order valence-corrected chi connectivity index (χ3v) is 5.99. The zero-order chi connectivity index (χ0) is 19.8. The Bertz CT molecular complexity index is 1210. The molecule has 3 heterocycles. The van der Waals surface area contributed by atoms with Crippen molar-refractivity contribution in [3.8, 4) is 5.75 Å². The van der Waals surface area contributed by atoms with Gasteiger partial charge in [-0.3, -0.25) is 4.57 Å². The lowest BCUT2D eigenvalue weighted by Crippen LogP contribution is -2.06. The van der Waals surface area contributed by atoms with Gasteiger partial charge in [-0.25, -0.2) is 4.79 Å². The number of hydrogen-bond donors (Lipinski definition) is 0. The first kappa shape index (κ1) is 18.1. The fraction of sp³-hybridized carbons (Fsp3) is 0.286. The number of hydrogen-bond acceptors (Lipinski definition) is 7. The molecule has 0 N–H and O–H groups in total. The number of rotatable bonds is 7. The molecule has 0 spiro atoms. The topological polar surface area (TPSA) is 83.3 Å². The van der Waals surface area contributed by atoms with Gasteiger partial charge in [0.2, 0.25) is 0 Å². The van der Waals surface area contributed by atoms with Gasteiger partial charge in [-0.15, -0.1) is 10.2 Å². The van der Waals surface area contributed by atoms with Crippen LogP contribution in [0.15, 0.2) is 61.4 Å². The van der Waals surface area contributed by atoms with E-state index in [0.717, 1.165) is 40.5 Å². The first-order chi connectivity index (χ1) is 14.2. The van der Waals surface area contributed by atoms with Crippen LogP contribution < -0.4 is 10.4 Å². The molecule has 3 aromatic heterocycles. The summed E-state index contributed by atoms with van der Waals surface area (Å²) in [4.78, 5) is 12.0. The smallest absolute Gasteiger partial charge is 0.336 e. The van der Waals surface area contributed by atoms with Gasteiger partial charge >= 0.3 is 5.63 Å². The predicted octanol–water partition coefficient (Wildman–Crippen LogP) is 4.20. The number of aromatic nitrogens is 3. The molecule has 7 nitrogen and oxygen atoms in total. The van der Waals surface area contributed by atoms with Crippen molar-refractivity contribution in [2.45, 2.75) is 36.2 Å². The highest BCUT2D eigenvalue weighted by Crippen LogP contribution is 2.40. The summed E-state index contributed by atoms with van der Waals surface area (Å²) in [7, 11) is 1.59. The maximum absolute atomic E-state index is 12.0. The Morgan fingerprint density at radius 2 is 2.14 bits per heavy atom. The van der Waals surface area contributed by atoms with E-state index in [4.69, 9.17) is 13.6 Å². The Labute approximate surface area is 170 Å². The Morgan fingerprint density at radius 1 is 1.24 bits per heavy atom. The number of furan rings is 1. The lowest BCUT2D eigenvalue weighted by molar-refractivity contribution is 0.414. The van der Waals surface area contributed by atoms with Crippen molar-refractivity contribution in [3.63, 3.8) is 0 Å². The molecule has 1 aromatic carbocycles. The van der Waals surface area contributed by atoms with Gasteiger partial charge in [0.15, 0.2) is 5.16 Å². The Hall–Kier alpha value is -3.00. The van der Waals surface area contributed by atoms with E-state index in [2.05, 4.69) is 14.8 Å². The monoisotopic (exact) mass is 409 g/mol. The van der Waals surface area contributed by atoms with Crippen molar-refractivity contribution in [3.05, 3.63) is 70.2 Å². The van der Waals surface area contributed by atoms with Crippen LogP contribution in [0, 0.1) is 0 Å². The van der Waals surface area contributed by atoms with E-state index >= 15 is 0 Å². The molecule has 0 atom stereocenters. The molecule has 4 aromatic rings. The van der Waals surface area contributed by atoms with E-state index in [1.807, 2.05) is 24.3 Å². The number of ether oxygens (including phenoxy) is 1. The molecule has 0 amide bonds. The van der Waals surface area contributed by atoms with E-state index in [-0.39, 0.29) is 5.63 Å². The summed E-state index contributed by atoms with van der Waals surface area (Å²) in [6.45, 7) is 0.600. The van der Waals surface area contributed by atoms with Crippen LogP contribution in [0.2, 0.25) is 0 Å². The lowest BCUT2D eigenvalue weighted by Gasteiger charge is -2.09. The summed E-state index contributed by atoms with van der Waals surface area (Å²) in [5, 5.41) is 10.5. The first-order valence-electron chi connectivity index (χ1n) is 9.40. The molecule has 8 heteroatoms. The quantitative estimate of drug-likeness (QED) is 0.334. The highest BCUT2D eigenvalue weighted by molar-refractivity contribution is 7.98. The van der Waals surface area contributed by atoms with Gasteiger partial charge in [0.25, 0.3) is 0 Å². The minimum Gasteiger partial charge on any atom is -0.497 e. The molecule has 29 heavy (non-hydrogen) atoms. The molecule has 0 radical (unpaired) electrons. The molecule has 1 fully saturated rings. The molecule has 148 valence electrons. The second-order valence-corrected chi connectivity index (χ2v) is 7.96. The fourth-order valence-corrected chi connectivity index (χ4v) is 4.29. The second-order valence-electron chi connectivity index (χ2n) is 7.02. The van der Waals surface area contributed by atoms with Crippen molar-refractivity contribution in [2.75, 3.05) is 7.11 Å². The summed E-state index contributed by atoms with van der Waals surface area (Å²) in [6.07, 6.45) is 3.97. The molecule has 0 aliphatic heterocycles. The van der Waals surface area contributed by atoms with Crippen molar-refractivity contribution < 1.29 is 13.6 Å². The first-order valence-corrected chi connectivity index (χ1v) is 10.4. The summed E-state index contributed by atoms with van der Waals surface area (Å²) in [6, 6.07) is 10.9. The largest absolute Gasteiger partial charge is 0.497 e. The zero-order valence-corrected chi connectivity index (χ0v) is 16.6. The third kappa shape index (κ3) is 3.67. The van der Waals surface area contributed by atoms with Gasteiger partial charge in [0.05, 0.1) is 19.9 Å². The van der Waals surface area contributed by atoms with E-state index in [1.165, 1.54) is 6.07 Å². The van der Waals surface area contributed by atoms with Crippen LogP contribution >= 0.6 is 11.8 Å². The Kier molecular flexibility index (Phi) is 4.63. The number of nitrogens with zero attached hydrogens (tertiary/aromatic N) is 3. The molecule has 5 rings (SSSR count). The van der Waals surface area contributed by atoms with Gasteiger partial charge in [0, 0.05) is 29.2 Å². The normalized spacial score (nSPS) is 13.8. The van der Waals surface area contributed by atoms with E-state index in [1.54, 1.807) is 31.2 Å². The number of thioether (sulfide) groups is 1. The van der Waals surface area contributed by atoms with Crippen LogP contribution in [0.5, 0.6) is 5.75 Å². The van der Waals surface area contributed by atoms with Gasteiger partial charge in [-0.2, -0.15) is 0 Å². The van der Waals surface area contributed by atoms with Crippen LogP contribution in [0.3, 0.4) is 0 Å². The fourth-order valence-electron chi connectivity index (χ4n) is 3.36. The van der Waals surface area contributed by atoms with Crippen LogP contribution in [-0.2, 0) is 12.3 Å². The maximum Gasteiger partial charge on any atom is 0.336 e. The van der Waals surface area contributed by atoms with Crippen molar-refractivity contribution in [1.29, 1.82) is 0 Å². The number of benzene rings is 1. The minimum absolute atomic E-state index is 0.378. The molecule has 1 aliphatic rings. The van der Waals surface area contributed by atoms with Crippen LogP contribution in [0.25, 0.3) is 11.0 Å². The molecule has 1 aliphatic carbocycles. The molecular weight excluding hydrogens is 390 g/mol. The highest BCUT2D eigenvalue weighted by atomic mass is 32.2. The van der Waals surface area contributed by atoms with E-state index in [0.29, 0.717) is 29.5 Å². The number of methoxy groups -OCH3 is 1. The lowest BCUT2D eigenvalue weighted by atomic mass is 10.1. The maximum atomic E-state index is 12.0. The van der Waals surface area contributed by atoms with Gasteiger partial charge in [-0.1, -0.05) is 11.8 Å². The summed E-state index contributed by atoms with van der Waals surface area (Å²) < 4.78 is 18.2. The third-order valence-electron chi connectivity index (χ3n) is 4.98. The number of fused-ring (bicyclic) bond motifs is 1. The van der Waals surface area contributed by atoms with E-state index < -0.39 is 0 Å². The standard InChI is InChI=1S/C21H19N3O4S/c1-26-15-6-7-17-14(9-19(25)28-18(17)10-15)12-29-21-23-22-20(13-4-5-13)24(21)11-16-3-2-8-27-16/h2-3,6-10,13H,4-5,11-12H2,1H3. The van der Waals surface area contributed by atoms with Crippen LogP contribution in [0.4, 0.5) is 0 Å². The molecule has 1 saturated carbocycles. The SMILES string of the molecule is COc1ccc2c(CSc3nnc(C4CC4)n3Cc3ccco3)cc(=O)oc2c1. The summed E-state index contributed by atoms with van der Waals surface area (Å²) in [5.41, 5.74) is 1.03. The average molecular weight is 409 g/mol. The highest BCUT2D eigenvalue weighted by Gasteiger charge is 2.30. The van der Waals surface area contributed by atoms with Crippen molar-refractivity contribution >= 4 is 22.7 Å². The Morgan fingerprint density at radius 3 is 2.90 bits per heavy atom. The van der Waals surface area contributed by atoms with E-state index in [9.17, 15) is 4.79 Å². The minimum atomic E-state index is -0.378. The zero-order valence-electron chi connectivity index (χ0n) is 15.8. The molecular formula is C21H19N3O4S. The summed E-state index contributed by atoms with van der Waals surface area (Å²) in [5.74, 6) is 3.58. The predicted molar refractivity (Wildman–Crippen MR) is 108 cm³/mol. The van der Waals surface area contributed by atoms with Crippen LogP contribution in [0.1, 0.15) is 35.9 Å². The van der Waals surface area contributed by atoms with Gasteiger partial charge in [0.1, 0.15) is 22.9 Å². The summed E-state index contributed by atoms with van der Waals surface area (Å²) >= 11 is 1.56. The van der Waals surface area contributed by atoms with Gasteiger partial charge in [-0.05, 0) is 42.7 Å². The Balaban J connectivity index is 1.45. The van der Waals surface area contributed by atoms with Crippen molar-refractivity contribution in [1.82, 2.24) is 14.8 Å². The molecule has 0 bridgehead atoms. The van der Waals surface area contributed by atoms with Crippen molar-refractivity contribution in [2.24, 2.45) is 0 Å².